The third-order valence-corrected chi connectivity index (χ3v) is 2.57. The van der Waals surface area contributed by atoms with E-state index >= 15 is 0 Å². The summed E-state index contributed by atoms with van der Waals surface area (Å²) in [4.78, 5) is 22.2. The number of rotatable bonds is 2. The van der Waals surface area contributed by atoms with Crippen LogP contribution >= 0.6 is 0 Å². The second-order valence-corrected chi connectivity index (χ2v) is 3.40. The summed E-state index contributed by atoms with van der Waals surface area (Å²) in [6.45, 7) is 1.31. The SMILES string of the molecule is COC(=O)C1CCNCCC1C(=O)O. The molecule has 0 bridgehead atoms. The van der Waals surface area contributed by atoms with Gasteiger partial charge in [0.2, 0.25) is 0 Å². The number of ether oxygens (including phenoxy) is 1. The summed E-state index contributed by atoms with van der Waals surface area (Å²) in [5.74, 6) is -2.45. The van der Waals surface area contributed by atoms with Gasteiger partial charge in [0, 0.05) is 0 Å². The standard InChI is InChI=1S/C9H15NO4/c1-14-9(13)7-3-5-10-4-2-6(7)8(11)12/h6-7,10H,2-5H2,1H3,(H,11,12). The molecular weight excluding hydrogens is 186 g/mol. The van der Waals surface area contributed by atoms with Crippen LogP contribution in [-0.2, 0) is 14.3 Å². The maximum Gasteiger partial charge on any atom is 0.309 e. The summed E-state index contributed by atoms with van der Waals surface area (Å²) in [5.41, 5.74) is 0. The average molecular weight is 201 g/mol. The summed E-state index contributed by atoms with van der Waals surface area (Å²) in [7, 11) is 1.29. The molecule has 1 fully saturated rings. The van der Waals surface area contributed by atoms with Gasteiger partial charge >= 0.3 is 11.9 Å². The smallest absolute Gasteiger partial charge is 0.309 e. The van der Waals surface area contributed by atoms with Crippen molar-refractivity contribution in [2.24, 2.45) is 11.8 Å². The van der Waals surface area contributed by atoms with Gasteiger partial charge in [-0.15, -0.1) is 0 Å². The van der Waals surface area contributed by atoms with Crippen LogP contribution in [0.25, 0.3) is 0 Å². The molecule has 1 heterocycles. The molecule has 2 atom stereocenters. The Labute approximate surface area is 82.4 Å². The number of aliphatic carboxylic acids is 1. The molecule has 0 aromatic heterocycles. The number of carboxylic acids is 1. The molecule has 1 rings (SSSR count). The summed E-state index contributed by atoms with van der Waals surface area (Å²) < 4.78 is 4.60. The normalized spacial score (nSPS) is 27.8. The Hall–Kier alpha value is -1.10. The Morgan fingerprint density at radius 3 is 2.36 bits per heavy atom. The molecule has 1 aliphatic heterocycles. The first kappa shape index (κ1) is 11.0. The second kappa shape index (κ2) is 4.95. The van der Waals surface area contributed by atoms with Crippen molar-refractivity contribution in [3.63, 3.8) is 0 Å². The fourth-order valence-electron chi connectivity index (χ4n) is 1.77. The fourth-order valence-corrected chi connectivity index (χ4v) is 1.77. The molecule has 0 saturated carbocycles. The molecule has 1 saturated heterocycles. The Bertz CT molecular complexity index is 229. The van der Waals surface area contributed by atoms with Gasteiger partial charge in [-0.2, -0.15) is 0 Å². The lowest BCUT2D eigenvalue weighted by Gasteiger charge is -2.17. The third-order valence-electron chi connectivity index (χ3n) is 2.57. The Morgan fingerprint density at radius 2 is 1.86 bits per heavy atom. The Balaban J connectivity index is 2.73. The number of carbonyl (C=O) groups excluding carboxylic acids is 1. The van der Waals surface area contributed by atoms with Crippen LogP contribution in [0.2, 0.25) is 0 Å². The van der Waals surface area contributed by atoms with Crippen LogP contribution in [0, 0.1) is 11.8 Å². The van der Waals surface area contributed by atoms with E-state index in [1.54, 1.807) is 0 Å². The van der Waals surface area contributed by atoms with E-state index < -0.39 is 23.8 Å². The van der Waals surface area contributed by atoms with Crippen molar-refractivity contribution in [3.8, 4) is 0 Å². The van der Waals surface area contributed by atoms with Gasteiger partial charge in [-0.05, 0) is 25.9 Å². The number of nitrogens with one attached hydrogen (secondary N) is 1. The van der Waals surface area contributed by atoms with Crippen LogP contribution in [0.15, 0.2) is 0 Å². The molecule has 5 nitrogen and oxygen atoms in total. The largest absolute Gasteiger partial charge is 0.481 e. The van der Waals surface area contributed by atoms with Gasteiger partial charge in [0.05, 0.1) is 18.9 Å². The average Bonchev–Trinajstić information content (AvgIpc) is 2.41. The molecule has 0 aliphatic carbocycles. The van der Waals surface area contributed by atoms with Crippen molar-refractivity contribution in [3.05, 3.63) is 0 Å². The van der Waals surface area contributed by atoms with E-state index in [2.05, 4.69) is 10.1 Å². The maximum atomic E-state index is 11.3. The molecular formula is C9H15NO4. The molecule has 5 heteroatoms. The van der Waals surface area contributed by atoms with Crippen molar-refractivity contribution in [2.45, 2.75) is 12.8 Å². The molecule has 14 heavy (non-hydrogen) atoms. The van der Waals surface area contributed by atoms with E-state index in [1.165, 1.54) is 7.11 Å². The van der Waals surface area contributed by atoms with Crippen molar-refractivity contribution >= 4 is 11.9 Å². The van der Waals surface area contributed by atoms with Crippen molar-refractivity contribution < 1.29 is 19.4 Å². The predicted octanol–water partition coefficient (Wildman–Crippen LogP) is -0.140. The highest BCUT2D eigenvalue weighted by Gasteiger charge is 2.35. The van der Waals surface area contributed by atoms with Gasteiger partial charge in [0.25, 0.3) is 0 Å². The summed E-state index contributed by atoms with van der Waals surface area (Å²) in [6.07, 6.45) is 1.01. The lowest BCUT2D eigenvalue weighted by atomic mass is 9.88. The minimum Gasteiger partial charge on any atom is -0.481 e. The van der Waals surface area contributed by atoms with Gasteiger partial charge in [0.15, 0.2) is 0 Å². The van der Waals surface area contributed by atoms with Crippen LogP contribution < -0.4 is 5.32 Å². The Kier molecular flexibility index (Phi) is 3.88. The minimum atomic E-state index is -0.913. The number of carbonyl (C=O) groups is 2. The minimum absolute atomic E-state index is 0.416. The molecule has 0 amide bonds. The highest BCUT2D eigenvalue weighted by atomic mass is 16.5. The van der Waals surface area contributed by atoms with E-state index in [9.17, 15) is 9.59 Å². The van der Waals surface area contributed by atoms with E-state index in [0.717, 1.165) is 0 Å². The van der Waals surface area contributed by atoms with Crippen molar-refractivity contribution in [1.82, 2.24) is 5.32 Å². The molecule has 1 aliphatic rings. The van der Waals surface area contributed by atoms with Crippen molar-refractivity contribution in [1.29, 1.82) is 0 Å². The fraction of sp³-hybridized carbons (Fsp3) is 0.778. The summed E-state index contributed by atoms with van der Waals surface area (Å²) >= 11 is 0. The first-order valence-electron chi connectivity index (χ1n) is 4.68. The number of hydrogen-bond acceptors (Lipinski definition) is 4. The molecule has 2 N–H and O–H groups in total. The monoisotopic (exact) mass is 201 g/mol. The zero-order chi connectivity index (χ0) is 10.6. The van der Waals surface area contributed by atoms with Gasteiger partial charge < -0.3 is 15.2 Å². The predicted molar refractivity (Wildman–Crippen MR) is 48.7 cm³/mol. The second-order valence-electron chi connectivity index (χ2n) is 3.40. The summed E-state index contributed by atoms with van der Waals surface area (Å²) in [5, 5.41) is 12.0. The van der Waals surface area contributed by atoms with Gasteiger partial charge in [-0.1, -0.05) is 0 Å². The zero-order valence-electron chi connectivity index (χ0n) is 8.16. The van der Waals surface area contributed by atoms with Gasteiger partial charge in [-0.25, -0.2) is 0 Å². The topological polar surface area (TPSA) is 75.6 Å². The van der Waals surface area contributed by atoms with Crippen LogP contribution in [0.4, 0.5) is 0 Å². The highest BCUT2D eigenvalue weighted by Crippen LogP contribution is 2.22. The molecule has 2 unspecified atom stereocenters. The number of carboxylic acid groups (broad SMARTS) is 1. The Morgan fingerprint density at radius 1 is 1.29 bits per heavy atom. The van der Waals surface area contributed by atoms with Crippen molar-refractivity contribution in [2.75, 3.05) is 20.2 Å². The number of hydrogen-bond donors (Lipinski definition) is 2. The van der Waals surface area contributed by atoms with Crippen LogP contribution in [0.1, 0.15) is 12.8 Å². The lowest BCUT2D eigenvalue weighted by molar-refractivity contribution is -0.155. The maximum absolute atomic E-state index is 11.3. The lowest BCUT2D eigenvalue weighted by Crippen LogP contribution is -2.30. The van der Waals surface area contributed by atoms with Crippen LogP contribution in [0.5, 0.6) is 0 Å². The highest BCUT2D eigenvalue weighted by molar-refractivity contribution is 5.81. The quantitative estimate of drug-likeness (QED) is 0.608. The van der Waals surface area contributed by atoms with Gasteiger partial charge in [0.1, 0.15) is 0 Å². The van der Waals surface area contributed by atoms with E-state index in [1.807, 2.05) is 0 Å². The molecule has 0 radical (unpaired) electrons. The van der Waals surface area contributed by atoms with Gasteiger partial charge in [-0.3, -0.25) is 9.59 Å². The summed E-state index contributed by atoms with van der Waals surface area (Å²) in [6, 6.07) is 0. The molecule has 0 aromatic rings. The first-order chi connectivity index (χ1) is 6.66. The van der Waals surface area contributed by atoms with Crippen LogP contribution in [0.3, 0.4) is 0 Å². The first-order valence-corrected chi connectivity index (χ1v) is 4.68. The molecule has 80 valence electrons. The number of esters is 1. The molecule has 0 spiro atoms. The van der Waals surface area contributed by atoms with E-state index in [-0.39, 0.29) is 0 Å². The number of methoxy groups -OCH3 is 1. The molecule has 0 aromatic carbocycles. The third kappa shape index (κ3) is 2.45. The van der Waals surface area contributed by atoms with E-state index in [0.29, 0.717) is 25.9 Å². The van der Waals surface area contributed by atoms with Crippen LogP contribution in [-0.4, -0.2) is 37.2 Å². The van der Waals surface area contributed by atoms with E-state index in [4.69, 9.17) is 5.11 Å². The zero-order valence-corrected chi connectivity index (χ0v) is 8.16.